The molecule has 0 unspecified atom stereocenters. The van der Waals surface area contributed by atoms with Gasteiger partial charge in [-0.15, -0.1) is 0 Å². The van der Waals surface area contributed by atoms with Crippen molar-refractivity contribution < 1.29 is 4.74 Å². The number of rotatable bonds is 6. The molecule has 0 heterocycles. The predicted molar refractivity (Wildman–Crippen MR) is 88.9 cm³/mol. The molecule has 2 rings (SSSR count). The molecule has 0 saturated heterocycles. The van der Waals surface area contributed by atoms with Crippen molar-refractivity contribution in [3.05, 3.63) is 64.7 Å². The molecule has 21 heavy (non-hydrogen) atoms. The van der Waals surface area contributed by atoms with Gasteiger partial charge in [-0.05, 0) is 50.1 Å². The van der Waals surface area contributed by atoms with Crippen LogP contribution in [0, 0.1) is 0 Å². The van der Waals surface area contributed by atoms with Gasteiger partial charge in [-0.1, -0.05) is 41.9 Å². The average Bonchev–Trinajstić information content (AvgIpc) is 2.46. The molecule has 2 nitrogen and oxygen atoms in total. The lowest BCUT2D eigenvalue weighted by Crippen LogP contribution is -2.18. The molecule has 2 aromatic rings. The van der Waals surface area contributed by atoms with Gasteiger partial charge in [0.25, 0.3) is 0 Å². The van der Waals surface area contributed by atoms with E-state index in [1.807, 2.05) is 44.2 Å². The van der Waals surface area contributed by atoms with Crippen LogP contribution in [-0.2, 0) is 6.54 Å². The highest BCUT2D eigenvalue weighted by Gasteiger charge is 2.08. The Hall–Kier alpha value is -1.51. The Balaban J connectivity index is 1.92. The molecule has 1 N–H and O–H groups in total. The molecule has 0 aliphatic carbocycles. The zero-order valence-electron chi connectivity index (χ0n) is 12.8. The highest BCUT2D eigenvalue weighted by Crippen LogP contribution is 2.22. The Labute approximate surface area is 132 Å². The van der Waals surface area contributed by atoms with Gasteiger partial charge >= 0.3 is 0 Å². The maximum atomic E-state index is 6.21. The standard InChI is InChI=1S/C18H22ClNO/c1-13(2)21-16-10-8-15(9-11-16)12-20-14(3)17-6-4-5-7-18(17)19/h4-11,13-14,20H,12H2,1-3H3/t14-/m1/s1. The Bertz CT molecular complexity index is 566. The minimum atomic E-state index is 0.203. The highest BCUT2D eigenvalue weighted by atomic mass is 35.5. The molecule has 0 aromatic heterocycles. The SMILES string of the molecule is CC(C)Oc1ccc(CN[C@H](C)c2ccccc2Cl)cc1. The maximum absolute atomic E-state index is 6.21. The molecule has 2 aromatic carbocycles. The Kier molecular flexibility index (Phi) is 5.66. The number of ether oxygens (including phenoxy) is 1. The van der Waals surface area contributed by atoms with Crippen LogP contribution >= 0.6 is 11.6 Å². The molecule has 0 fully saturated rings. The highest BCUT2D eigenvalue weighted by molar-refractivity contribution is 6.31. The third kappa shape index (κ3) is 4.76. The summed E-state index contributed by atoms with van der Waals surface area (Å²) in [4.78, 5) is 0. The van der Waals surface area contributed by atoms with E-state index in [9.17, 15) is 0 Å². The van der Waals surface area contributed by atoms with E-state index in [-0.39, 0.29) is 12.1 Å². The van der Waals surface area contributed by atoms with E-state index in [0.717, 1.165) is 22.9 Å². The van der Waals surface area contributed by atoms with Crippen LogP contribution in [0.4, 0.5) is 0 Å². The van der Waals surface area contributed by atoms with Crippen LogP contribution in [0.5, 0.6) is 5.75 Å². The van der Waals surface area contributed by atoms with E-state index in [0.29, 0.717) is 0 Å². The first-order chi connectivity index (χ1) is 10.1. The quantitative estimate of drug-likeness (QED) is 0.813. The van der Waals surface area contributed by atoms with Gasteiger partial charge in [0, 0.05) is 17.6 Å². The van der Waals surface area contributed by atoms with Crippen molar-refractivity contribution in [3.8, 4) is 5.75 Å². The van der Waals surface area contributed by atoms with Gasteiger partial charge in [0.2, 0.25) is 0 Å². The third-order valence-electron chi connectivity index (χ3n) is 3.28. The van der Waals surface area contributed by atoms with Crippen LogP contribution in [0.3, 0.4) is 0 Å². The largest absolute Gasteiger partial charge is 0.491 e. The molecule has 112 valence electrons. The number of benzene rings is 2. The van der Waals surface area contributed by atoms with Crippen molar-refractivity contribution in [2.45, 2.75) is 39.5 Å². The molecule has 0 spiro atoms. The van der Waals surface area contributed by atoms with E-state index in [2.05, 4.69) is 30.4 Å². The van der Waals surface area contributed by atoms with E-state index in [1.165, 1.54) is 5.56 Å². The lowest BCUT2D eigenvalue weighted by molar-refractivity contribution is 0.242. The lowest BCUT2D eigenvalue weighted by Gasteiger charge is -2.16. The summed E-state index contributed by atoms with van der Waals surface area (Å²) in [5.74, 6) is 0.910. The van der Waals surface area contributed by atoms with Crippen LogP contribution in [-0.4, -0.2) is 6.10 Å². The lowest BCUT2D eigenvalue weighted by atomic mass is 10.1. The molecular weight excluding hydrogens is 282 g/mol. The second kappa shape index (κ2) is 7.48. The predicted octanol–water partition coefficient (Wildman–Crippen LogP) is 4.98. The smallest absolute Gasteiger partial charge is 0.119 e. The Morgan fingerprint density at radius 1 is 1.00 bits per heavy atom. The van der Waals surface area contributed by atoms with Gasteiger partial charge in [0.15, 0.2) is 0 Å². The van der Waals surface area contributed by atoms with E-state index >= 15 is 0 Å². The Morgan fingerprint density at radius 2 is 1.67 bits per heavy atom. The second-order valence-corrected chi connectivity index (χ2v) is 5.84. The summed E-state index contributed by atoms with van der Waals surface area (Å²) in [5.41, 5.74) is 2.35. The summed E-state index contributed by atoms with van der Waals surface area (Å²) in [6.45, 7) is 6.98. The van der Waals surface area contributed by atoms with E-state index in [4.69, 9.17) is 16.3 Å². The summed E-state index contributed by atoms with van der Waals surface area (Å²) in [6.07, 6.45) is 0.203. The van der Waals surface area contributed by atoms with Crippen LogP contribution in [0.25, 0.3) is 0 Å². The summed E-state index contributed by atoms with van der Waals surface area (Å²) >= 11 is 6.21. The van der Waals surface area contributed by atoms with Crippen LogP contribution < -0.4 is 10.1 Å². The number of hydrogen-bond donors (Lipinski definition) is 1. The van der Waals surface area contributed by atoms with Crippen molar-refractivity contribution in [3.63, 3.8) is 0 Å². The summed E-state index contributed by atoms with van der Waals surface area (Å²) in [5, 5.41) is 4.29. The summed E-state index contributed by atoms with van der Waals surface area (Å²) in [6, 6.07) is 16.4. The normalized spacial score (nSPS) is 12.4. The van der Waals surface area contributed by atoms with Crippen molar-refractivity contribution in [1.82, 2.24) is 5.32 Å². The molecule has 1 atom stereocenters. The molecule has 0 aliphatic rings. The number of hydrogen-bond acceptors (Lipinski definition) is 2. The molecule has 0 bridgehead atoms. The fourth-order valence-electron chi connectivity index (χ4n) is 2.17. The van der Waals surface area contributed by atoms with E-state index < -0.39 is 0 Å². The first kappa shape index (κ1) is 15.9. The molecule has 0 amide bonds. The monoisotopic (exact) mass is 303 g/mol. The Morgan fingerprint density at radius 3 is 2.29 bits per heavy atom. The summed E-state index contributed by atoms with van der Waals surface area (Å²) in [7, 11) is 0. The fourth-order valence-corrected chi connectivity index (χ4v) is 2.46. The van der Waals surface area contributed by atoms with Gasteiger partial charge in [-0.25, -0.2) is 0 Å². The van der Waals surface area contributed by atoms with Crippen LogP contribution in [0.15, 0.2) is 48.5 Å². The number of halogens is 1. The van der Waals surface area contributed by atoms with Gasteiger partial charge in [-0.2, -0.15) is 0 Å². The van der Waals surface area contributed by atoms with E-state index in [1.54, 1.807) is 0 Å². The average molecular weight is 304 g/mol. The zero-order chi connectivity index (χ0) is 15.2. The zero-order valence-corrected chi connectivity index (χ0v) is 13.5. The first-order valence-electron chi connectivity index (χ1n) is 7.29. The fraction of sp³-hybridized carbons (Fsp3) is 0.333. The van der Waals surface area contributed by atoms with Gasteiger partial charge < -0.3 is 10.1 Å². The van der Waals surface area contributed by atoms with Gasteiger partial charge in [-0.3, -0.25) is 0 Å². The van der Waals surface area contributed by atoms with Crippen molar-refractivity contribution >= 4 is 11.6 Å². The van der Waals surface area contributed by atoms with Gasteiger partial charge in [0.05, 0.1) is 6.10 Å². The second-order valence-electron chi connectivity index (χ2n) is 5.43. The minimum absolute atomic E-state index is 0.203. The van der Waals surface area contributed by atoms with Crippen molar-refractivity contribution in [2.75, 3.05) is 0 Å². The number of nitrogens with one attached hydrogen (secondary N) is 1. The maximum Gasteiger partial charge on any atom is 0.119 e. The van der Waals surface area contributed by atoms with Crippen molar-refractivity contribution in [2.24, 2.45) is 0 Å². The molecule has 0 radical (unpaired) electrons. The summed E-state index contributed by atoms with van der Waals surface area (Å²) < 4.78 is 5.64. The minimum Gasteiger partial charge on any atom is -0.491 e. The van der Waals surface area contributed by atoms with Gasteiger partial charge in [0.1, 0.15) is 5.75 Å². The molecule has 0 aliphatic heterocycles. The third-order valence-corrected chi connectivity index (χ3v) is 3.62. The molecule has 3 heteroatoms. The molecule has 0 saturated carbocycles. The first-order valence-corrected chi connectivity index (χ1v) is 7.67. The molecular formula is C18H22ClNO. The van der Waals surface area contributed by atoms with Crippen LogP contribution in [0.1, 0.15) is 37.9 Å². The van der Waals surface area contributed by atoms with Crippen molar-refractivity contribution in [1.29, 1.82) is 0 Å². The topological polar surface area (TPSA) is 21.3 Å². The van der Waals surface area contributed by atoms with Crippen LogP contribution in [0.2, 0.25) is 5.02 Å².